The quantitative estimate of drug-likeness (QED) is 0.650. The smallest absolute Gasteiger partial charge is 0.174 e. The van der Waals surface area contributed by atoms with Crippen LogP contribution in [-0.2, 0) is 27.8 Å². The molecule has 32 heavy (non-hydrogen) atoms. The van der Waals surface area contributed by atoms with Crippen LogP contribution in [0.25, 0.3) is 0 Å². The number of rotatable bonds is 6. The Hall–Kier alpha value is -2.37. The van der Waals surface area contributed by atoms with E-state index in [1.165, 1.54) is 16.7 Å². The van der Waals surface area contributed by atoms with E-state index in [0.717, 1.165) is 50.1 Å². The molecule has 1 saturated carbocycles. The minimum absolute atomic E-state index is 0.211. The maximum absolute atomic E-state index is 13.2. The number of Topliss-reactive ketones (excluding diaryl/α,β-unsaturated/α-hetero) is 1. The predicted octanol–water partition coefficient (Wildman–Crippen LogP) is 3.71. The van der Waals surface area contributed by atoms with Crippen molar-refractivity contribution in [3.8, 4) is 11.5 Å². The van der Waals surface area contributed by atoms with Gasteiger partial charge in [-0.3, -0.25) is 4.79 Å². The molecule has 1 saturated heterocycles. The Balaban J connectivity index is 1.40. The van der Waals surface area contributed by atoms with Crippen molar-refractivity contribution in [1.29, 1.82) is 0 Å². The highest BCUT2D eigenvalue weighted by Crippen LogP contribution is 2.65. The van der Waals surface area contributed by atoms with Crippen LogP contribution in [0.1, 0.15) is 42.4 Å². The fourth-order valence-electron chi connectivity index (χ4n) is 7.13. The Bertz CT molecular complexity index is 1050. The van der Waals surface area contributed by atoms with Gasteiger partial charge in [0.15, 0.2) is 23.4 Å². The molecule has 2 bridgehead atoms. The van der Waals surface area contributed by atoms with Crippen molar-refractivity contribution in [3.05, 3.63) is 59.2 Å². The molecular formula is C27H31NO4. The Morgan fingerprint density at radius 3 is 2.81 bits per heavy atom. The van der Waals surface area contributed by atoms with Gasteiger partial charge in [0.2, 0.25) is 0 Å². The summed E-state index contributed by atoms with van der Waals surface area (Å²) in [7, 11) is 3.89. The molecule has 2 aliphatic heterocycles. The number of piperidine rings is 1. The monoisotopic (exact) mass is 433 g/mol. The van der Waals surface area contributed by atoms with Crippen LogP contribution in [0, 0.1) is 0 Å². The first-order chi connectivity index (χ1) is 15.6. The average Bonchev–Trinajstić information content (AvgIpc) is 3.18. The summed E-state index contributed by atoms with van der Waals surface area (Å²) in [4.78, 5) is 15.7. The van der Waals surface area contributed by atoms with E-state index in [-0.39, 0.29) is 11.8 Å². The molecule has 2 fully saturated rings. The molecule has 0 amide bonds. The van der Waals surface area contributed by atoms with Crippen molar-refractivity contribution < 1.29 is 19.0 Å². The summed E-state index contributed by atoms with van der Waals surface area (Å²) in [6, 6.07) is 15.0. The highest BCUT2D eigenvalue weighted by Gasteiger charge is 2.73. The van der Waals surface area contributed by atoms with Crippen LogP contribution in [0.15, 0.2) is 42.5 Å². The summed E-state index contributed by atoms with van der Waals surface area (Å²) in [6.45, 7) is 1.64. The van der Waals surface area contributed by atoms with E-state index in [0.29, 0.717) is 13.0 Å². The van der Waals surface area contributed by atoms with E-state index in [4.69, 9.17) is 14.2 Å². The second-order valence-corrected chi connectivity index (χ2v) is 9.84. The van der Waals surface area contributed by atoms with Crippen LogP contribution < -0.4 is 9.47 Å². The Morgan fingerprint density at radius 2 is 2.00 bits per heavy atom. The maximum Gasteiger partial charge on any atom is 0.174 e. The molecule has 2 heterocycles. The summed E-state index contributed by atoms with van der Waals surface area (Å²) >= 11 is 0. The lowest BCUT2D eigenvalue weighted by Gasteiger charge is -2.64. The lowest BCUT2D eigenvalue weighted by Crippen LogP contribution is -2.77. The van der Waals surface area contributed by atoms with Gasteiger partial charge in [-0.1, -0.05) is 36.4 Å². The van der Waals surface area contributed by atoms with Gasteiger partial charge in [0, 0.05) is 24.6 Å². The fraction of sp³-hybridized carbons (Fsp3) is 0.519. The standard InChI is InChI=1S/C27H31NO4/c1-28-15-14-26-23-19-10-11-21(30-2)24(23)32-25(26)20(29)12-13-27(26,22(28)17-19)31-16-6-9-18-7-4-3-5-8-18/h3-5,7-8,10-11,22,25H,6,9,12-17H2,1-2H3/t22?,25-,26-,27+/m0/s1. The van der Waals surface area contributed by atoms with E-state index in [1.807, 2.05) is 6.07 Å². The molecule has 2 aromatic carbocycles. The molecule has 168 valence electrons. The average molecular weight is 434 g/mol. The molecule has 4 atom stereocenters. The SMILES string of the molecule is COc1ccc2c3c1O[C@H]1C(=O)CC[C@@]4(OCCCc5ccccc5)C(C2)N(C)CC[C@]314. The summed E-state index contributed by atoms with van der Waals surface area (Å²) < 4.78 is 19.1. The topological polar surface area (TPSA) is 48.0 Å². The number of carbonyl (C=O) groups excluding carboxylic acids is 1. The van der Waals surface area contributed by atoms with Crippen molar-refractivity contribution in [2.75, 3.05) is 27.3 Å². The van der Waals surface area contributed by atoms with Gasteiger partial charge in [0.25, 0.3) is 0 Å². The van der Waals surface area contributed by atoms with E-state index in [9.17, 15) is 4.79 Å². The summed E-state index contributed by atoms with van der Waals surface area (Å²) in [5.74, 6) is 1.73. The second-order valence-electron chi connectivity index (χ2n) is 9.84. The lowest BCUT2D eigenvalue weighted by atomic mass is 9.49. The number of ether oxygens (including phenoxy) is 3. The highest BCUT2D eigenvalue weighted by atomic mass is 16.5. The number of aryl methyl sites for hydroxylation is 1. The van der Waals surface area contributed by atoms with Gasteiger partial charge in [-0.15, -0.1) is 0 Å². The van der Waals surface area contributed by atoms with Crippen molar-refractivity contribution in [3.63, 3.8) is 0 Å². The predicted molar refractivity (Wildman–Crippen MR) is 122 cm³/mol. The third kappa shape index (κ3) is 2.55. The van der Waals surface area contributed by atoms with Crippen molar-refractivity contribution in [1.82, 2.24) is 4.90 Å². The van der Waals surface area contributed by atoms with Crippen LogP contribution in [0.4, 0.5) is 0 Å². The van der Waals surface area contributed by atoms with Gasteiger partial charge in [-0.2, -0.15) is 0 Å². The van der Waals surface area contributed by atoms with Gasteiger partial charge >= 0.3 is 0 Å². The number of benzene rings is 2. The minimum Gasteiger partial charge on any atom is -0.493 e. The summed E-state index contributed by atoms with van der Waals surface area (Å²) in [6.07, 6.45) is 4.58. The molecule has 0 aromatic heterocycles. The molecule has 4 aliphatic rings. The summed E-state index contributed by atoms with van der Waals surface area (Å²) in [5, 5.41) is 0. The Kier molecular flexibility index (Phi) is 4.63. The van der Waals surface area contributed by atoms with E-state index >= 15 is 0 Å². The number of likely N-dealkylation sites (tertiary alicyclic amines) is 1. The maximum atomic E-state index is 13.2. The van der Waals surface area contributed by atoms with Gasteiger partial charge in [-0.05, 0) is 62.9 Å². The highest BCUT2D eigenvalue weighted by molar-refractivity contribution is 5.90. The van der Waals surface area contributed by atoms with Gasteiger partial charge in [-0.25, -0.2) is 0 Å². The zero-order valence-electron chi connectivity index (χ0n) is 18.9. The molecule has 5 heteroatoms. The minimum atomic E-state index is -0.466. The van der Waals surface area contributed by atoms with Crippen LogP contribution in [-0.4, -0.2) is 55.7 Å². The van der Waals surface area contributed by atoms with Crippen LogP contribution in [0.5, 0.6) is 11.5 Å². The third-order valence-corrected chi connectivity index (χ3v) is 8.50. The van der Waals surface area contributed by atoms with E-state index in [1.54, 1.807) is 7.11 Å². The Morgan fingerprint density at radius 1 is 1.16 bits per heavy atom. The second kappa shape index (κ2) is 7.32. The van der Waals surface area contributed by atoms with Crippen molar-refractivity contribution >= 4 is 5.78 Å². The number of hydrogen-bond acceptors (Lipinski definition) is 5. The number of ketones is 1. The van der Waals surface area contributed by atoms with E-state index < -0.39 is 17.1 Å². The molecule has 1 spiro atoms. The molecule has 2 aliphatic carbocycles. The van der Waals surface area contributed by atoms with Crippen molar-refractivity contribution in [2.24, 2.45) is 0 Å². The first kappa shape index (κ1) is 20.3. The number of carbonyl (C=O) groups is 1. The molecule has 6 rings (SSSR count). The fourth-order valence-corrected chi connectivity index (χ4v) is 7.13. The van der Waals surface area contributed by atoms with Gasteiger partial charge < -0.3 is 19.1 Å². The molecule has 1 unspecified atom stereocenters. The normalized spacial score (nSPS) is 32.4. The van der Waals surface area contributed by atoms with Crippen LogP contribution in [0.3, 0.4) is 0 Å². The zero-order chi connectivity index (χ0) is 21.9. The third-order valence-electron chi connectivity index (χ3n) is 8.50. The molecule has 0 N–H and O–H groups in total. The van der Waals surface area contributed by atoms with Gasteiger partial charge in [0.1, 0.15) is 0 Å². The Labute approximate surface area is 189 Å². The van der Waals surface area contributed by atoms with Gasteiger partial charge in [0.05, 0.1) is 18.1 Å². The zero-order valence-corrected chi connectivity index (χ0v) is 18.9. The lowest BCUT2D eigenvalue weighted by molar-refractivity contribution is -0.210. The number of methoxy groups -OCH3 is 1. The largest absolute Gasteiger partial charge is 0.493 e. The molecule has 2 aromatic rings. The first-order valence-corrected chi connectivity index (χ1v) is 11.9. The first-order valence-electron chi connectivity index (χ1n) is 11.9. The van der Waals surface area contributed by atoms with Crippen molar-refractivity contribution in [2.45, 2.75) is 61.7 Å². The van der Waals surface area contributed by atoms with Crippen LogP contribution in [0.2, 0.25) is 0 Å². The number of likely N-dealkylation sites (N-methyl/N-ethyl adjacent to an activating group) is 1. The summed E-state index contributed by atoms with van der Waals surface area (Å²) in [5.41, 5.74) is 3.01. The molecule has 0 radical (unpaired) electrons. The number of hydrogen-bond donors (Lipinski definition) is 0. The molecular weight excluding hydrogens is 402 g/mol. The molecule has 5 nitrogen and oxygen atoms in total. The van der Waals surface area contributed by atoms with Crippen LogP contribution >= 0.6 is 0 Å². The van der Waals surface area contributed by atoms with E-state index in [2.05, 4.69) is 48.3 Å². The number of nitrogens with zero attached hydrogens (tertiary/aromatic N) is 1.